The van der Waals surface area contributed by atoms with Crippen LogP contribution >= 0.6 is 34.8 Å². The van der Waals surface area contributed by atoms with Crippen molar-refractivity contribution in [1.82, 2.24) is 10.6 Å². The second-order valence-corrected chi connectivity index (χ2v) is 9.78. The van der Waals surface area contributed by atoms with Gasteiger partial charge in [-0.05, 0) is 54.2 Å². The van der Waals surface area contributed by atoms with Crippen LogP contribution in [-0.4, -0.2) is 30.1 Å². The summed E-state index contributed by atoms with van der Waals surface area (Å²) >= 11 is 18.0. The summed E-state index contributed by atoms with van der Waals surface area (Å²) in [5, 5.41) is 4.44. The van der Waals surface area contributed by atoms with Crippen molar-refractivity contribution in [3.63, 3.8) is 0 Å². The molecule has 2 amide bonds. The average Bonchev–Trinajstić information content (AvgIpc) is 3.58. The first-order valence-electron chi connectivity index (χ1n) is 10.7. The molecule has 0 aliphatic heterocycles. The Morgan fingerprint density at radius 1 is 1.03 bits per heavy atom. The number of hydrogen-bond acceptors (Lipinski definition) is 2. The van der Waals surface area contributed by atoms with Crippen LogP contribution < -0.4 is 10.6 Å². The smallest absolute Gasteiger partial charge is 0.345 e. The number of alkyl halides is 6. The van der Waals surface area contributed by atoms with Gasteiger partial charge in [-0.25, -0.2) is 0 Å². The van der Waals surface area contributed by atoms with Gasteiger partial charge >= 0.3 is 12.4 Å². The maximum absolute atomic E-state index is 13.8. The summed E-state index contributed by atoms with van der Waals surface area (Å²) in [5.41, 5.74) is -2.90. The van der Waals surface area contributed by atoms with E-state index in [1.165, 1.54) is 12.1 Å². The van der Waals surface area contributed by atoms with E-state index in [0.717, 1.165) is 12.1 Å². The van der Waals surface area contributed by atoms with Gasteiger partial charge in [-0.2, -0.15) is 26.3 Å². The molecule has 0 saturated heterocycles. The van der Waals surface area contributed by atoms with E-state index in [4.69, 9.17) is 34.8 Å². The number of carbonyl (C=O) groups is 2. The zero-order chi connectivity index (χ0) is 27.8. The zero-order valence-electron chi connectivity index (χ0n) is 19.0. The van der Waals surface area contributed by atoms with Gasteiger partial charge in [-0.1, -0.05) is 59.9 Å². The van der Waals surface area contributed by atoms with E-state index in [1.807, 2.05) is 0 Å². The van der Waals surface area contributed by atoms with Crippen LogP contribution in [0.15, 0.2) is 36.4 Å². The van der Waals surface area contributed by atoms with Gasteiger partial charge in [0.1, 0.15) is 12.1 Å². The molecule has 3 rings (SSSR count). The summed E-state index contributed by atoms with van der Waals surface area (Å²) in [5.74, 6) is -2.64. The molecule has 200 valence electrons. The maximum Gasteiger partial charge on any atom is 0.417 e. The van der Waals surface area contributed by atoms with Gasteiger partial charge in [0.25, 0.3) is 5.91 Å². The number of carbonyl (C=O) groups excluding carboxylic acids is 2. The molecule has 2 aromatic carbocycles. The molecule has 0 unspecified atom stereocenters. The third-order valence-corrected chi connectivity index (χ3v) is 6.89. The Labute approximate surface area is 222 Å². The van der Waals surface area contributed by atoms with E-state index in [1.54, 1.807) is 30.4 Å². The lowest BCUT2D eigenvalue weighted by Crippen LogP contribution is -2.51. The largest absolute Gasteiger partial charge is 0.417 e. The number of hydrogen-bond donors (Lipinski definition) is 2. The molecule has 0 bridgehead atoms. The summed E-state index contributed by atoms with van der Waals surface area (Å²) in [6, 6.07) is 6.15. The van der Waals surface area contributed by atoms with Crippen LogP contribution in [-0.2, 0) is 11.0 Å². The second-order valence-electron chi connectivity index (χ2n) is 8.58. The van der Waals surface area contributed by atoms with Gasteiger partial charge in [-0.15, -0.1) is 0 Å². The van der Waals surface area contributed by atoms with Gasteiger partial charge in [0.15, 0.2) is 0 Å². The Balaban J connectivity index is 1.81. The maximum atomic E-state index is 13.8. The van der Waals surface area contributed by atoms with Crippen molar-refractivity contribution in [2.75, 3.05) is 6.54 Å². The topological polar surface area (TPSA) is 58.2 Å². The lowest BCUT2D eigenvalue weighted by atomic mass is 9.98. The highest BCUT2D eigenvalue weighted by Crippen LogP contribution is 2.38. The first kappa shape index (κ1) is 29.1. The summed E-state index contributed by atoms with van der Waals surface area (Å²) in [6.45, 7) is 0.142. The molecule has 37 heavy (non-hydrogen) atoms. The van der Waals surface area contributed by atoms with Crippen molar-refractivity contribution in [3.05, 3.63) is 73.7 Å². The molecule has 1 aliphatic rings. The minimum Gasteiger partial charge on any atom is -0.345 e. The first-order chi connectivity index (χ1) is 17.0. The van der Waals surface area contributed by atoms with Crippen LogP contribution in [0.4, 0.5) is 26.3 Å². The summed E-state index contributed by atoms with van der Waals surface area (Å²) < 4.78 is 78.5. The van der Waals surface area contributed by atoms with Crippen molar-refractivity contribution in [1.29, 1.82) is 0 Å². The van der Waals surface area contributed by atoms with Gasteiger partial charge in [0.2, 0.25) is 5.91 Å². The predicted octanol–water partition coefficient (Wildman–Crippen LogP) is 7.42. The molecule has 1 fully saturated rings. The Bertz CT molecular complexity index is 1220. The third kappa shape index (κ3) is 7.33. The van der Waals surface area contributed by atoms with Crippen molar-refractivity contribution in [2.24, 2.45) is 0 Å². The highest BCUT2D eigenvalue weighted by atomic mass is 35.5. The number of rotatable bonds is 7. The number of allylic oxidation sites excluding steroid dienone is 1. The molecule has 0 radical (unpaired) electrons. The minimum atomic E-state index is -4.92. The summed E-state index contributed by atoms with van der Waals surface area (Å²) in [7, 11) is 0. The van der Waals surface area contributed by atoms with Crippen LogP contribution in [0.3, 0.4) is 0 Å². The van der Waals surface area contributed by atoms with E-state index in [-0.39, 0.29) is 39.4 Å². The summed E-state index contributed by atoms with van der Waals surface area (Å²) in [4.78, 5) is 24.8. The Kier molecular flexibility index (Phi) is 8.46. The van der Waals surface area contributed by atoms with Crippen LogP contribution in [0, 0.1) is 0 Å². The lowest BCUT2D eigenvalue weighted by molar-refractivity contribution is -0.140. The number of benzene rings is 2. The Morgan fingerprint density at radius 2 is 1.62 bits per heavy atom. The van der Waals surface area contributed by atoms with E-state index in [2.05, 4.69) is 5.32 Å². The molecule has 0 spiro atoms. The number of halogens is 9. The normalized spacial score (nSPS) is 15.9. The molecule has 1 aliphatic carbocycles. The van der Waals surface area contributed by atoms with E-state index in [9.17, 15) is 35.9 Å². The molecule has 13 heteroatoms. The fraction of sp³-hybridized carbons (Fsp3) is 0.333. The van der Waals surface area contributed by atoms with Crippen molar-refractivity contribution < 1.29 is 35.9 Å². The molecular weight excluding hydrogens is 569 g/mol. The molecule has 0 heterocycles. The number of amides is 2. The quantitative estimate of drug-likeness (QED) is 0.262. The predicted molar refractivity (Wildman–Crippen MR) is 129 cm³/mol. The highest BCUT2D eigenvalue weighted by molar-refractivity contribution is 6.48. The van der Waals surface area contributed by atoms with Gasteiger partial charge < -0.3 is 10.6 Å². The van der Waals surface area contributed by atoms with Crippen LogP contribution in [0.1, 0.15) is 52.7 Å². The van der Waals surface area contributed by atoms with Crippen molar-refractivity contribution in [3.8, 4) is 0 Å². The minimum absolute atomic E-state index is 0.00121. The molecule has 1 saturated carbocycles. The van der Waals surface area contributed by atoms with Crippen LogP contribution in [0.25, 0.3) is 6.08 Å². The van der Waals surface area contributed by atoms with Crippen LogP contribution in [0.5, 0.6) is 0 Å². The molecule has 2 N–H and O–H groups in total. The third-order valence-electron chi connectivity index (χ3n) is 5.69. The molecular formula is C24H19Cl3F6N2O2. The van der Waals surface area contributed by atoms with Crippen molar-refractivity contribution >= 4 is 52.7 Å². The molecule has 1 atom stereocenters. The fourth-order valence-electron chi connectivity index (χ4n) is 3.47. The zero-order valence-corrected chi connectivity index (χ0v) is 21.2. The molecule has 4 nitrogen and oxygen atoms in total. The molecule has 0 aromatic heterocycles. The highest BCUT2D eigenvalue weighted by Gasteiger charge is 2.52. The first-order valence-corrected chi connectivity index (χ1v) is 11.9. The average molecular weight is 588 g/mol. The van der Waals surface area contributed by atoms with Crippen molar-refractivity contribution in [2.45, 2.75) is 43.6 Å². The fourth-order valence-corrected chi connectivity index (χ4v) is 4.08. The summed E-state index contributed by atoms with van der Waals surface area (Å²) in [6.07, 6.45) is -6.57. The number of nitrogens with one attached hydrogen (secondary N) is 2. The standard InChI is InChI=1S/C24H19Cl3F6N2O2/c1-12(14-9-17(25)19(27)18(26)10-14)2-3-13-4-5-15(16(8-13)24(31,32)33)20(36)35-22(6-7-22)21(37)34-11-23(28,29)30/h2-5,8-10,12H,6-7,11H2,1H3,(H,34,37)(H,35,36)/b3-2+/t12-/m1/s1. The van der Waals surface area contributed by atoms with Gasteiger partial charge in [-0.3, -0.25) is 9.59 Å². The van der Waals surface area contributed by atoms with E-state index in [0.29, 0.717) is 5.56 Å². The van der Waals surface area contributed by atoms with E-state index < -0.39 is 47.4 Å². The lowest BCUT2D eigenvalue weighted by Gasteiger charge is -2.20. The van der Waals surface area contributed by atoms with E-state index >= 15 is 0 Å². The SMILES string of the molecule is C[C@H](/C=C/c1ccc(C(=O)NC2(C(=O)NCC(F)(F)F)CC2)c(C(F)(F)F)c1)c1cc(Cl)c(Cl)c(Cl)c1. The molecule has 2 aromatic rings. The van der Waals surface area contributed by atoms with Crippen LogP contribution in [0.2, 0.25) is 15.1 Å². The Morgan fingerprint density at radius 3 is 2.14 bits per heavy atom. The monoisotopic (exact) mass is 586 g/mol. The Hall–Kier alpha value is -2.43. The van der Waals surface area contributed by atoms with Gasteiger partial charge in [0.05, 0.1) is 26.2 Å². The van der Waals surface area contributed by atoms with Gasteiger partial charge in [0, 0.05) is 0 Å². The second kappa shape index (κ2) is 10.7.